The van der Waals surface area contributed by atoms with E-state index >= 15 is 4.39 Å². The molecule has 0 bridgehead atoms. The fourth-order valence-corrected chi connectivity index (χ4v) is 3.47. The molecule has 9 nitrogen and oxygen atoms in total. The Morgan fingerprint density at radius 3 is 2.87 bits per heavy atom. The van der Waals surface area contributed by atoms with Gasteiger partial charge in [-0.25, -0.2) is 27.8 Å². The number of fused-ring (bicyclic) bond motifs is 3. The molecule has 2 atom stereocenters. The number of nitrogens with zero attached hydrogens (tertiary/aromatic N) is 3. The number of carbonyl (C=O) groups is 2. The lowest BCUT2D eigenvalue weighted by molar-refractivity contribution is -0.110. The topological polar surface area (TPSA) is 112 Å². The lowest BCUT2D eigenvalue weighted by Gasteiger charge is -2.24. The number of benzene rings is 1. The number of alkyl halides is 2. The van der Waals surface area contributed by atoms with Crippen molar-refractivity contribution in [2.24, 2.45) is 5.73 Å². The number of imidazole rings is 1. The molecular formula is C19H20F3N5O4. The van der Waals surface area contributed by atoms with Crippen molar-refractivity contribution in [3.8, 4) is 17.1 Å². The molecule has 0 aliphatic carbocycles. The average Bonchev–Trinajstić information content (AvgIpc) is 3.26. The van der Waals surface area contributed by atoms with Gasteiger partial charge in [0.1, 0.15) is 48.5 Å². The smallest absolute Gasteiger partial charge is 0.416 e. The molecule has 2 aliphatic rings. The molecule has 31 heavy (non-hydrogen) atoms. The fourth-order valence-electron chi connectivity index (χ4n) is 3.47. The highest BCUT2D eigenvalue weighted by Crippen LogP contribution is 2.39. The number of ether oxygens (including phenoxy) is 2. The van der Waals surface area contributed by atoms with Gasteiger partial charge in [-0.1, -0.05) is 0 Å². The van der Waals surface area contributed by atoms with Crippen LogP contribution in [0.15, 0.2) is 18.3 Å². The van der Waals surface area contributed by atoms with E-state index in [2.05, 4.69) is 10.3 Å². The van der Waals surface area contributed by atoms with Gasteiger partial charge in [0, 0.05) is 24.5 Å². The highest BCUT2D eigenvalue weighted by molar-refractivity contribution is 5.89. The van der Waals surface area contributed by atoms with Crippen molar-refractivity contribution >= 4 is 23.9 Å². The Bertz CT molecular complexity index is 1030. The first-order valence-corrected chi connectivity index (χ1v) is 9.49. The van der Waals surface area contributed by atoms with E-state index in [4.69, 9.17) is 15.2 Å². The van der Waals surface area contributed by atoms with Gasteiger partial charge in [-0.3, -0.25) is 0 Å². The van der Waals surface area contributed by atoms with Crippen LogP contribution in [0.4, 0.5) is 29.5 Å². The number of rotatable bonds is 6. The number of nitrogens with one attached hydrogen (secondary N) is 1. The maximum atomic E-state index is 15.1. The second kappa shape index (κ2) is 7.76. The Morgan fingerprint density at radius 1 is 1.42 bits per heavy atom. The van der Waals surface area contributed by atoms with Crippen molar-refractivity contribution in [1.29, 1.82) is 0 Å². The molecule has 2 aromatic rings. The highest BCUT2D eigenvalue weighted by atomic mass is 19.3. The predicted octanol–water partition coefficient (Wildman–Crippen LogP) is 2.00. The number of amides is 1. The van der Waals surface area contributed by atoms with Gasteiger partial charge < -0.3 is 29.9 Å². The molecule has 4 rings (SSSR count). The molecule has 0 saturated carbocycles. The first-order chi connectivity index (χ1) is 14.8. The van der Waals surface area contributed by atoms with Gasteiger partial charge in [-0.15, -0.1) is 0 Å². The number of hydrogen-bond acceptors (Lipinski definition) is 7. The standard InChI is InChI=1S/C19H20F3N5O4/c1-19(8-23,9-28)25-10-4-11(20)15-13(5-10)30-3-2-26-6-14(24-17(15)26)27-12(16(21)22)7-31-18(27)29/h4-6,9,12,16,25H,2-3,7-8,23H2,1H3/t12-,19+/m0/s1. The number of carbonyl (C=O) groups excluding carboxylic acids is 2. The molecule has 1 aromatic heterocycles. The maximum absolute atomic E-state index is 15.1. The molecule has 1 saturated heterocycles. The van der Waals surface area contributed by atoms with E-state index in [1.807, 2.05) is 0 Å². The summed E-state index contributed by atoms with van der Waals surface area (Å²) in [5.41, 5.74) is 4.79. The minimum absolute atomic E-state index is 0.0102. The van der Waals surface area contributed by atoms with Crippen LogP contribution in [0.2, 0.25) is 0 Å². The first-order valence-electron chi connectivity index (χ1n) is 9.49. The SMILES string of the molecule is C[C@](C=O)(CN)Nc1cc(F)c2c(c1)OCCn1cc(N3C(=O)OC[C@H]3C(F)F)nc1-2. The molecular weight excluding hydrogens is 419 g/mol. The highest BCUT2D eigenvalue weighted by Gasteiger charge is 2.42. The third kappa shape index (κ3) is 3.67. The summed E-state index contributed by atoms with van der Waals surface area (Å²) in [5, 5.41) is 2.87. The second-order valence-corrected chi connectivity index (χ2v) is 7.51. The van der Waals surface area contributed by atoms with Crippen molar-refractivity contribution in [2.45, 2.75) is 31.5 Å². The minimum Gasteiger partial charge on any atom is -0.491 e. The van der Waals surface area contributed by atoms with Crippen LogP contribution >= 0.6 is 0 Å². The molecule has 0 unspecified atom stereocenters. The van der Waals surface area contributed by atoms with E-state index in [1.54, 1.807) is 6.92 Å². The van der Waals surface area contributed by atoms with Crippen LogP contribution in [-0.4, -0.2) is 59.7 Å². The van der Waals surface area contributed by atoms with E-state index in [-0.39, 0.29) is 48.3 Å². The largest absolute Gasteiger partial charge is 0.491 e. The number of cyclic esters (lactones) is 1. The molecule has 3 N–H and O–H groups in total. The molecule has 2 aliphatic heterocycles. The van der Waals surface area contributed by atoms with Crippen LogP contribution < -0.4 is 20.7 Å². The monoisotopic (exact) mass is 439 g/mol. The summed E-state index contributed by atoms with van der Waals surface area (Å²) in [7, 11) is 0. The zero-order valence-corrected chi connectivity index (χ0v) is 16.5. The zero-order valence-electron chi connectivity index (χ0n) is 16.5. The number of aldehydes is 1. The van der Waals surface area contributed by atoms with E-state index in [0.29, 0.717) is 6.29 Å². The normalized spacial score (nSPS) is 19.7. The summed E-state index contributed by atoms with van der Waals surface area (Å²) in [6.07, 6.45) is -1.75. The second-order valence-electron chi connectivity index (χ2n) is 7.51. The molecule has 3 heterocycles. The van der Waals surface area contributed by atoms with Crippen LogP contribution in [0.25, 0.3) is 11.4 Å². The Balaban J connectivity index is 1.75. The van der Waals surface area contributed by atoms with Gasteiger partial charge in [0.25, 0.3) is 6.43 Å². The summed E-state index contributed by atoms with van der Waals surface area (Å²) < 4.78 is 53.7. The third-order valence-corrected chi connectivity index (χ3v) is 5.19. The maximum Gasteiger partial charge on any atom is 0.416 e. The molecule has 1 aromatic carbocycles. The number of aromatic nitrogens is 2. The van der Waals surface area contributed by atoms with Gasteiger partial charge in [0.2, 0.25) is 0 Å². The Labute approximate surface area is 174 Å². The number of halogens is 3. The summed E-state index contributed by atoms with van der Waals surface area (Å²) in [6, 6.07) is 1.19. The van der Waals surface area contributed by atoms with Crippen molar-refractivity contribution < 1.29 is 32.2 Å². The van der Waals surface area contributed by atoms with Gasteiger partial charge in [-0.05, 0) is 13.0 Å². The predicted molar refractivity (Wildman–Crippen MR) is 104 cm³/mol. The zero-order chi connectivity index (χ0) is 22.3. The molecule has 0 spiro atoms. The fraction of sp³-hybridized carbons (Fsp3) is 0.421. The summed E-state index contributed by atoms with van der Waals surface area (Å²) in [5.74, 6) is -0.497. The lowest BCUT2D eigenvalue weighted by atomic mass is 10.0. The van der Waals surface area contributed by atoms with Gasteiger partial charge in [0.05, 0.1) is 12.1 Å². The van der Waals surface area contributed by atoms with Gasteiger partial charge in [-0.2, -0.15) is 0 Å². The van der Waals surface area contributed by atoms with Crippen molar-refractivity contribution in [3.63, 3.8) is 0 Å². The number of nitrogens with two attached hydrogens (primary N) is 1. The minimum atomic E-state index is -2.83. The Kier molecular flexibility index (Phi) is 5.25. The Hall–Kier alpha value is -3.28. The Morgan fingerprint density at radius 2 is 2.19 bits per heavy atom. The van der Waals surface area contributed by atoms with Gasteiger partial charge in [0.15, 0.2) is 5.82 Å². The molecule has 1 amide bonds. The van der Waals surface area contributed by atoms with E-state index < -0.39 is 36.5 Å². The van der Waals surface area contributed by atoms with E-state index in [1.165, 1.54) is 16.8 Å². The average molecular weight is 439 g/mol. The van der Waals surface area contributed by atoms with Gasteiger partial charge >= 0.3 is 6.09 Å². The summed E-state index contributed by atoms with van der Waals surface area (Å²) in [6.45, 7) is 1.48. The van der Waals surface area contributed by atoms with Crippen LogP contribution in [0.3, 0.4) is 0 Å². The summed E-state index contributed by atoms with van der Waals surface area (Å²) >= 11 is 0. The molecule has 166 valence electrons. The molecule has 0 radical (unpaired) electrons. The molecule has 12 heteroatoms. The number of hydrogen-bond donors (Lipinski definition) is 2. The third-order valence-electron chi connectivity index (χ3n) is 5.19. The van der Waals surface area contributed by atoms with Crippen LogP contribution in [0, 0.1) is 5.82 Å². The van der Waals surface area contributed by atoms with Crippen molar-refractivity contribution in [3.05, 3.63) is 24.1 Å². The van der Waals surface area contributed by atoms with E-state index in [0.717, 1.165) is 11.0 Å². The quantitative estimate of drug-likeness (QED) is 0.662. The first kappa shape index (κ1) is 21.0. The molecule has 1 fully saturated rings. The van der Waals surface area contributed by atoms with Crippen LogP contribution in [-0.2, 0) is 16.1 Å². The summed E-state index contributed by atoms with van der Waals surface area (Å²) in [4.78, 5) is 28.3. The van der Waals surface area contributed by atoms with E-state index in [9.17, 15) is 18.4 Å². The van der Waals surface area contributed by atoms with Crippen molar-refractivity contribution in [2.75, 3.05) is 30.0 Å². The lowest BCUT2D eigenvalue weighted by Crippen LogP contribution is -2.44. The number of anilines is 2. The van der Waals surface area contributed by atoms with Crippen LogP contribution in [0.5, 0.6) is 5.75 Å². The van der Waals surface area contributed by atoms with Crippen molar-refractivity contribution in [1.82, 2.24) is 9.55 Å². The van der Waals surface area contributed by atoms with Crippen LogP contribution in [0.1, 0.15) is 6.92 Å².